The largest absolute Gasteiger partial charge is 0.352 e. The zero-order chi connectivity index (χ0) is 29.6. The highest BCUT2D eigenvalue weighted by Crippen LogP contribution is 2.26. The second kappa shape index (κ2) is 13.5. The normalized spacial score (nSPS) is 14.4. The molecule has 1 aliphatic rings. The van der Waals surface area contributed by atoms with Gasteiger partial charge >= 0.3 is 0 Å². The summed E-state index contributed by atoms with van der Waals surface area (Å²) in [6.07, 6.45) is 5.29. The predicted molar refractivity (Wildman–Crippen MR) is 164 cm³/mol. The molecule has 9 heteroatoms. The first-order valence-electron chi connectivity index (χ1n) is 13.9. The summed E-state index contributed by atoms with van der Waals surface area (Å²) in [6, 6.07) is 21.5. The van der Waals surface area contributed by atoms with E-state index in [-0.39, 0.29) is 18.5 Å². The number of nitrogens with one attached hydrogen (secondary N) is 1. The lowest BCUT2D eigenvalue weighted by molar-refractivity contribution is -0.140. The Hall–Kier alpha value is -3.36. The third-order valence-corrected chi connectivity index (χ3v) is 9.12. The SMILES string of the molecule is Cc1ccc(CN(C(=O)CN(c2ccc(C)c(Cl)c2)S(C)(=O)=O)[C@H](Cc2ccccc2)C(=O)NC2CCCC2)cc1. The molecule has 1 aliphatic carbocycles. The van der Waals surface area contributed by atoms with E-state index in [4.69, 9.17) is 11.6 Å². The number of carbonyl (C=O) groups is 2. The minimum Gasteiger partial charge on any atom is -0.352 e. The molecular weight excluding hydrogens is 558 g/mol. The molecule has 0 saturated heterocycles. The van der Waals surface area contributed by atoms with Gasteiger partial charge in [0.2, 0.25) is 21.8 Å². The van der Waals surface area contributed by atoms with Crippen LogP contribution in [0.3, 0.4) is 0 Å². The third kappa shape index (κ3) is 8.33. The van der Waals surface area contributed by atoms with Crippen molar-refractivity contribution in [3.63, 3.8) is 0 Å². The van der Waals surface area contributed by atoms with Crippen molar-refractivity contribution in [1.29, 1.82) is 0 Å². The van der Waals surface area contributed by atoms with E-state index in [1.165, 1.54) is 4.90 Å². The highest BCUT2D eigenvalue weighted by atomic mass is 35.5. The molecular formula is C32H38ClN3O4S. The Morgan fingerprint density at radius 2 is 1.61 bits per heavy atom. The number of hydrogen-bond acceptors (Lipinski definition) is 4. The van der Waals surface area contributed by atoms with Crippen molar-refractivity contribution in [3.8, 4) is 0 Å². The second-order valence-electron chi connectivity index (χ2n) is 10.9. The number of nitrogens with zero attached hydrogens (tertiary/aromatic N) is 2. The van der Waals surface area contributed by atoms with Crippen molar-refractivity contribution < 1.29 is 18.0 Å². The van der Waals surface area contributed by atoms with Crippen LogP contribution in [0.5, 0.6) is 0 Å². The van der Waals surface area contributed by atoms with Crippen LogP contribution in [0.15, 0.2) is 72.8 Å². The maximum absolute atomic E-state index is 14.2. The van der Waals surface area contributed by atoms with Crippen molar-refractivity contribution in [2.24, 2.45) is 0 Å². The van der Waals surface area contributed by atoms with Gasteiger partial charge in [0.15, 0.2) is 0 Å². The number of sulfonamides is 1. The molecule has 3 aromatic carbocycles. The van der Waals surface area contributed by atoms with Crippen LogP contribution in [-0.4, -0.2) is 50.0 Å². The summed E-state index contributed by atoms with van der Waals surface area (Å²) < 4.78 is 26.9. The van der Waals surface area contributed by atoms with Crippen LogP contribution in [0.25, 0.3) is 0 Å². The number of carbonyl (C=O) groups excluding carboxylic acids is 2. The fraction of sp³-hybridized carbons (Fsp3) is 0.375. The van der Waals surface area contributed by atoms with Crippen molar-refractivity contribution in [3.05, 3.63) is 100 Å². The average Bonchev–Trinajstić information content (AvgIpc) is 3.45. The average molecular weight is 596 g/mol. The molecule has 7 nitrogen and oxygen atoms in total. The van der Waals surface area contributed by atoms with Gasteiger partial charge in [-0.05, 0) is 55.5 Å². The first-order valence-corrected chi connectivity index (χ1v) is 16.2. The Labute approximate surface area is 248 Å². The zero-order valence-electron chi connectivity index (χ0n) is 23.8. The van der Waals surface area contributed by atoms with Gasteiger partial charge in [0.25, 0.3) is 0 Å². The fourth-order valence-electron chi connectivity index (χ4n) is 5.16. The van der Waals surface area contributed by atoms with Crippen molar-refractivity contribution in [1.82, 2.24) is 10.2 Å². The number of hydrogen-bond donors (Lipinski definition) is 1. The number of halogens is 1. The van der Waals surface area contributed by atoms with Crippen LogP contribution < -0.4 is 9.62 Å². The highest BCUT2D eigenvalue weighted by molar-refractivity contribution is 7.92. The molecule has 1 fully saturated rings. The standard InChI is InChI=1S/C32H38ClN3O4S/c1-23-13-16-26(17-14-23)21-35(31(37)22-36(41(3,39)40)28-18-15-24(2)29(33)20-28)30(19-25-9-5-4-6-10-25)32(38)34-27-11-7-8-12-27/h4-6,9-10,13-18,20,27,30H,7-8,11-12,19,21-22H2,1-3H3,(H,34,38)/t30-/m1/s1. The van der Waals surface area contributed by atoms with Gasteiger partial charge in [-0.3, -0.25) is 13.9 Å². The Balaban J connectivity index is 1.72. The topological polar surface area (TPSA) is 86.8 Å². The van der Waals surface area contributed by atoms with Gasteiger partial charge in [0.1, 0.15) is 12.6 Å². The number of anilines is 1. The summed E-state index contributed by atoms with van der Waals surface area (Å²) in [7, 11) is -3.85. The smallest absolute Gasteiger partial charge is 0.244 e. The fourth-order valence-corrected chi connectivity index (χ4v) is 6.18. The van der Waals surface area contributed by atoms with Gasteiger partial charge in [0.05, 0.1) is 11.9 Å². The summed E-state index contributed by atoms with van der Waals surface area (Å²) in [4.78, 5) is 29.6. The van der Waals surface area contributed by atoms with Gasteiger partial charge in [0, 0.05) is 24.0 Å². The molecule has 0 bridgehead atoms. The molecule has 3 aromatic rings. The molecule has 0 aromatic heterocycles. The second-order valence-corrected chi connectivity index (χ2v) is 13.2. The van der Waals surface area contributed by atoms with Gasteiger partial charge in [-0.25, -0.2) is 8.42 Å². The number of aryl methyl sites for hydroxylation is 2. The molecule has 0 spiro atoms. The Morgan fingerprint density at radius 1 is 0.951 bits per heavy atom. The molecule has 1 atom stereocenters. The molecule has 0 radical (unpaired) electrons. The Morgan fingerprint density at radius 3 is 2.22 bits per heavy atom. The lowest BCUT2D eigenvalue weighted by Gasteiger charge is -2.34. The molecule has 4 rings (SSSR count). The van der Waals surface area contributed by atoms with Crippen LogP contribution >= 0.6 is 11.6 Å². The maximum Gasteiger partial charge on any atom is 0.244 e. The van der Waals surface area contributed by atoms with Crippen molar-refractivity contribution in [2.75, 3.05) is 17.1 Å². The van der Waals surface area contributed by atoms with Gasteiger partial charge in [-0.15, -0.1) is 0 Å². The van der Waals surface area contributed by atoms with Crippen LogP contribution in [0.2, 0.25) is 5.02 Å². The summed E-state index contributed by atoms with van der Waals surface area (Å²) in [5.41, 5.74) is 3.92. The minimum atomic E-state index is -3.85. The first kappa shape index (κ1) is 30.6. The molecule has 1 saturated carbocycles. The van der Waals surface area contributed by atoms with Crippen LogP contribution in [0, 0.1) is 13.8 Å². The molecule has 2 amide bonds. The third-order valence-electron chi connectivity index (χ3n) is 7.57. The molecule has 0 heterocycles. The van der Waals surface area contributed by atoms with Crippen LogP contribution in [0.4, 0.5) is 5.69 Å². The van der Waals surface area contributed by atoms with Crippen LogP contribution in [0.1, 0.15) is 47.9 Å². The van der Waals surface area contributed by atoms with Gasteiger partial charge in [-0.2, -0.15) is 0 Å². The minimum absolute atomic E-state index is 0.0688. The van der Waals surface area contributed by atoms with Crippen LogP contribution in [-0.2, 0) is 32.6 Å². The monoisotopic (exact) mass is 595 g/mol. The Bertz CT molecular complexity index is 1460. The van der Waals surface area contributed by atoms with Gasteiger partial charge in [-0.1, -0.05) is 90.7 Å². The molecule has 0 unspecified atom stereocenters. The maximum atomic E-state index is 14.2. The molecule has 0 aliphatic heterocycles. The van der Waals surface area contributed by atoms with E-state index in [9.17, 15) is 18.0 Å². The Kier molecular flexibility index (Phi) is 10.1. The number of rotatable bonds is 11. The summed E-state index contributed by atoms with van der Waals surface area (Å²) >= 11 is 6.32. The van der Waals surface area contributed by atoms with Crippen molar-refractivity contribution in [2.45, 2.75) is 64.6 Å². The van der Waals surface area contributed by atoms with Crippen molar-refractivity contribution >= 4 is 39.1 Å². The highest BCUT2D eigenvalue weighted by Gasteiger charge is 2.34. The summed E-state index contributed by atoms with van der Waals surface area (Å²) in [5.74, 6) is -0.708. The first-order chi connectivity index (χ1) is 19.5. The molecule has 41 heavy (non-hydrogen) atoms. The van der Waals surface area contributed by atoms with E-state index in [0.717, 1.165) is 58.5 Å². The lowest BCUT2D eigenvalue weighted by Crippen LogP contribution is -2.54. The lowest BCUT2D eigenvalue weighted by atomic mass is 10.0. The van der Waals surface area contributed by atoms with E-state index in [0.29, 0.717) is 17.1 Å². The van der Waals surface area contributed by atoms with Gasteiger partial charge < -0.3 is 10.2 Å². The van der Waals surface area contributed by atoms with E-state index < -0.39 is 28.5 Å². The number of amides is 2. The quantitative estimate of drug-likeness (QED) is 0.321. The molecule has 218 valence electrons. The molecule has 1 N–H and O–H groups in total. The van der Waals surface area contributed by atoms with E-state index >= 15 is 0 Å². The summed E-state index contributed by atoms with van der Waals surface area (Å²) in [6.45, 7) is 3.49. The van der Waals surface area contributed by atoms with E-state index in [1.54, 1.807) is 18.2 Å². The summed E-state index contributed by atoms with van der Waals surface area (Å²) in [5, 5.41) is 3.58. The van der Waals surface area contributed by atoms with E-state index in [2.05, 4.69) is 5.32 Å². The zero-order valence-corrected chi connectivity index (χ0v) is 25.4. The predicted octanol–water partition coefficient (Wildman–Crippen LogP) is 5.42. The van der Waals surface area contributed by atoms with E-state index in [1.807, 2.05) is 68.4 Å². The number of benzene rings is 3.